The van der Waals surface area contributed by atoms with Crippen molar-refractivity contribution in [1.82, 2.24) is 20.6 Å². The van der Waals surface area contributed by atoms with E-state index in [-0.39, 0.29) is 18.0 Å². The Morgan fingerprint density at radius 3 is 2.77 bits per heavy atom. The number of hydrogen-bond acceptors (Lipinski definition) is 9. The molecule has 0 saturated carbocycles. The number of hydrogen-bond donors (Lipinski definition) is 6. The molecule has 244 valence electrons. The Morgan fingerprint density at radius 2 is 1.96 bits per heavy atom. The number of nitrogens with zero attached hydrogens (tertiary/aromatic N) is 4. The quantitative estimate of drug-likeness (QED) is 0.0431. The highest BCUT2D eigenvalue weighted by Gasteiger charge is 2.20. The van der Waals surface area contributed by atoms with Crippen LogP contribution in [0.4, 0.5) is 17.1 Å². The number of hydrazine groups is 1. The van der Waals surface area contributed by atoms with Gasteiger partial charge in [-0.1, -0.05) is 36.6 Å². The molecular weight excluding hydrogens is 612 g/mol. The highest BCUT2D eigenvalue weighted by molar-refractivity contribution is 6.30. The molecule has 1 aliphatic heterocycles. The molecule has 2 aromatic heterocycles. The zero-order chi connectivity index (χ0) is 33.0. The van der Waals surface area contributed by atoms with Gasteiger partial charge in [0.05, 0.1) is 23.1 Å². The maximum atomic E-state index is 13.3. The number of nitrogens with one attached hydrogen (secondary N) is 4. The zero-order valence-electron chi connectivity index (χ0n) is 26.4. The molecule has 12 heteroatoms. The number of carbonyl (C=O) groups excluding carboxylic acids is 1. The van der Waals surface area contributed by atoms with Gasteiger partial charge in [0.25, 0.3) is 0 Å². The highest BCUT2D eigenvalue weighted by atomic mass is 35.5. The summed E-state index contributed by atoms with van der Waals surface area (Å²) in [7, 11) is 1.92. The maximum Gasteiger partial charge on any atom is 0.244 e. The lowest BCUT2D eigenvalue weighted by molar-refractivity contribution is -0.117. The Hall–Kier alpha value is -4.97. The van der Waals surface area contributed by atoms with Crippen LogP contribution in [0, 0.1) is 0 Å². The van der Waals surface area contributed by atoms with Crippen LogP contribution in [0.25, 0.3) is 17.2 Å². The second-order valence-electron chi connectivity index (χ2n) is 11.3. The smallest absolute Gasteiger partial charge is 0.244 e. The van der Waals surface area contributed by atoms with Crippen LogP contribution in [0.5, 0.6) is 0 Å². The van der Waals surface area contributed by atoms with E-state index in [0.29, 0.717) is 22.8 Å². The fraction of sp³-hybridized carbons (Fsp3) is 0.257. The minimum absolute atomic E-state index is 0.180. The standard InChI is InChI=1S/C35H41ClN10O/c1-39-27-11-12-30-24-15-17-42-33(19-24)31(45-35(47)14-9-25-18-26(36)10-13-34(25)46(38)23-43-37)8-3-2-7-29(44-32(30)20-27)22-40-21-28-6-4-5-16-41-28/h4-6,9-20,23,29,31,39-40,44H,2-3,7-8,21-22,37-38H2,1H3,(H,45,47)/b14-9+,43-23-/t29-,31+/m1/s1. The summed E-state index contributed by atoms with van der Waals surface area (Å²) in [5.41, 5.74) is 7.18. The Morgan fingerprint density at radius 1 is 1.09 bits per heavy atom. The molecule has 0 unspecified atom stereocenters. The molecule has 0 radical (unpaired) electrons. The third-order valence-corrected chi connectivity index (χ3v) is 8.26. The fourth-order valence-electron chi connectivity index (χ4n) is 5.65. The summed E-state index contributed by atoms with van der Waals surface area (Å²) in [6.07, 6.45) is 11.6. The summed E-state index contributed by atoms with van der Waals surface area (Å²) in [5.74, 6) is 11.1. The van der Waals surface area contributed by atoms with Crippen LogP contribution < -0.4 is 38.0 Å². The Labute approximate surface area is 280 Å². The van der Waals surface area contributed by atoms with Gasteiger partial charge in [-0.05, 0) is 79.1 Å². The third kappa shape index (κ3) is 9.29. The summed E-state index contributed by atoms with van der Waals surface area (Å²) in [6.45, 7) is 1.47. The summed E-state index contributed by atoms with van der Waals surface area (Å²) in [5, 5.41) is 19.1. The monoisotopic (exact) mass is 652 g/mol. The Kier molecular flexibility index (Phi) is 11.8. The van der Waals surface area contributed by atoms with Gasteiger partial charge >= 0.3 is 0 Å². The van der Waals surface area contributed by atoms with Gasteiger partial charge < -0.3 is 27.1 Å². The number of amides is 1. The first-order valence-corrected chi connectivity index (χ1v) is 16.0. The molecule has 0 spiro atoms. The number of carbonyl (C=O) groups is 1. The summed E-state index contributed by atoms with van der Waals surface area (Å²) < 4.78 is 0. The van der Waals surface area contributed by atoms with Crippen molar-refractivity contribution in [3.63, 3.8) is 0 Å². The molecule has 0 saturated heterocycles. The molecule has 5 rings (SSSR count). The van der Waals surface area contributed by atoms with E-state index < -0.39 is 0 Å². The highest BCUT2D eigenvalue weighted by Crippen LogP contribution is 2.34. The number of rotatable bonds is 10. The average molecular weight is 653 g/mol. The molecule has 0 aliphatic carbocycles. The number of anilines is 3. The molecule has 8 N–H and O–H groups in total. The van der Waals surface area contributed by atoms with Crippen molar-refractivity contribution in [2.45, 2.75) is 44.3 Å². The van der Waals surface area contributed by atoms with Crippen molar-refractivity contribution < 1.29 is 4.79 Å². The van der Waals surface area contributed by atoms with Crippen molar-refractivity contribution in [1.29, 1.82) is 0 Å². The summed E-state index contributed by atoms with van der Waals surface area (Å²) in [4.78, 5) is 22.5. The third-order valence-electron chi connectivity index (χ3n) is 8.02. The summed E-state index contributed by atoms with van der Waals surface area (Å²) in [6, 6.07) is 21.4. The van der Waals surface area contributed by atoms with E-state index in [4.69, 9.17) is 28.3 Å². The second kappa shape index (κ2) is 16.5. The molecule has 2 atom stereocenters. The number of halogens is 1. The first-order chi connectivity index (χ1) is 22.9. The van der Waals surface area contributed by atoms with Crippen molar-refractivity contribution in [2.75, 3.05) is 29.2 Å². The van der Waals surface area contributed by atoms with Gasteiger partial charge in [0.15, 0.2) is 0 Å². The van der Waals surface area contributed by atoms with Gasteiger partial charge in [-0.2, -0.15) is 5.10 Å². The van der Waals surface area contributed by atoms with Crippen molar-refractivity contribution in [3.8, 4) is 11.1 Å². The van der Waals surface area contributed by atoms with Crippen LogP contribution in [0.3, 0.4) is 0 Å². The van der Waals surface area contributed by atoms with E-state index in [1.165, 1.54) is 17.4 Å². The number of benzene rings is 2. The molecule has 1 aliphatic rings. The van der Waals surface area contributed by atoms with Crippen molar-refractivity contribution >= 4 is 47.0 Å². The van der Waals surface area contributed by atoms with Gasteiger partial charge in [0, 0.05) is 72.2 Å². The zero-order valence-corrected chi connectivity index (χ0v) is 27.1. The molecule has 2 bridgehead atoms. The Bertz CT molecular complexity index is 1700. The molecule has 1 amide bonds. The van der Waals surface area contributed by atoms with E-state index in [9.17, 15) is 4.79 Å². The van der Waals surface area contributed by atoms with Crippen LogP contribution in [0.2, 0.25) is 5.02 Å². The second-order valence-corrected chi connectivity index (χ2v) is 11.8. The predicted molar refractivity (Wildman–Crippen MR) is 192 cm³/mol. The molecule has 11 nitrogen and oxygen atoms in total. The lowest BCUT2D eigenvalue weighted by Gasteiger charge is -2.25. The lowest BCUT2D eigenvalue weighted by atomic mass is 9.96. The first kappa shape index (κ1) is 33.4. The van der Waals surface area contributed by atoms with Crippen LogP contribution >= 0.6 is 11.6 Å². The van der Waals surface area contributed by atoms with Crippen molar-refractivity contribution in [3.05, 3.63) is 107 Å². The van der Waals surface area contributed by atoms with Gasteiger partial charge in [0.2, 0.25) is 5.91 Å². The normalized spacial score (nSPS) is 16.5. The largest absolute Gasteiger partial charge is 0.388 e. The van der Waals surface area contributed by atoms with E-state index in [1.54, 1.807) is 30.5 Å². The number of hydrazone groups is 1. The van der Waals surface area contributed by atoms with Crippen LogP contribution in [-0.4, -0.2) is 41.8 Å². The van der Waals surface area contributed by atoms with E-state index >= 15 is 0 Å². The lowest BCUT2D eigenvalue weighted by Crippen LogP contribution is -2.33. The number of aromatic nitrogens is 2. The number of pyridine rings is 2. The van der Waals surface area contributed by atoms with Gasteiger partial charge in [0.1, 0.15) is 6.34 Å². The van der Waals surface area contributed by atoms with Gasteiger partial charge in [-0.15, -0.1) is 0 Å². The van der Waals surface area contributed by atoms with E-state index in [2.05, 4.69) is 55.6 Å². The number of fused-ring (bicyclic) bond motifs is 4. The van der Waals surface area contributed by atoms with Crippen LogP contribution in [-0.2, 0) is 11.3 Å². The van der Waals surface area contributed by atoms with Crippen molar-refractivity contribution in [2.24, 2.45) is 16.8 Å². The maximum absolute atomic E-state index is 13.3. The van der Waals surface area contributed by atoms with Gasteiger partial charge in [-0.25, -0.2) is 5.84 Å². The van der Waals surface area contributed by atoms with Crippen LogP contribution in [0.15, 0.2) is 90.3 Å². The molecule has 47 heavy (non-hydrogen) atoms. The molecule has 4 aromatic rings. The summed E-state index contributed by atoms with van der Waals surface area (Å²) >= 11 is 6.24. The first-order valence-electron chi connectivity index (χ1n) is 15.6. The molecule has 2 aromatic carbocycles. The van der Waals surface area contributed by atoms with Gasteiger partial charge in [-0.3, -0.25) is 19.8 Å². The fourth-order valence-corrected chi connectivity index (χ4v) is 5.83. The molecule has 0 fully saturated rings. The molecule has 3 heterocycles. The Balaban J connectivity index is 1.38. The minimum atomic E-state index is -0.283. The minimum Gasteiger partial charge on any atom is -0.388 e. The predicted octanol–water partition coefficient (Wildman–Crippen LogP) is 5.44. The topological polar surface area (TPSA) is 159 Å². The van der Waals surface area contributed by atoms with E-state index in [0.717, 1.165) is 66.1 Å². The SMILES string of the molecule is CNc1ccc2c(c1)N[C@@H](CNCc1ccccn1)CCCC[C@H](NC(=O)/C=C/c1cc(Cl)ccc1N(N)/C=N\N)c1cc-2ccn1. The average Bonchev–Trinajstić information content (AvgIpc) is 3.08. The number of nitrogens with two attached hydrogens (primary N) is 2. The van der Waals surface area contributed by atoms with Crippen LogP contribution in [0.1, 0.15) is 48.7 Å². The van der Waals surface area contributed by atoms with E-state index in [1.807, 2.05) is 37.5 Å². The molecular formula is C35H41ClN10O.